The van der Waals surface area contributed by atoms with Gasteiger partial charge in [0.1, 0.15) is 12.0 Å². The van der Waals surface area contributed by atoms with Gasteiger partial charge >= 0.3 is 6.18 Å². The fourth-order valence-corrected chi connectivity index (χ4v) is 2.05. The number of likely N-dealkylation sites (tertiary alicyclic amines) is 1. The van der Waals surface area contributed by atoms with Gasteiger partial charge in [-0.1, -0.05) is 0 Å². The Kier molecular flexibility index (Phi) is 3.33. The summed E-state index contributed by atoms with van der Waals surface area (Å²) < 4.78 is 37.5. The summed E-state index contributed by atoms with van der Waals surface area (Å²) in [6.07, 6.45) is -1.67. The summed E-state index contributed by atoms with van der Waals surface area (Å²) >= 11 is 0. The number of rotatable bonds is 1. The lowest BCUT2D eigenvalue weighted by Gasteiger charge is -2.28. The van der Waals surface area contributed by atoms with E-state index in [1.165, 1.54) is 0 Å². The van der Waals surface area contributed by atoms with Gasteiger partial charge in [0.15, 0.2) is 0 Å². The molecule has 17 heavy (non-hydrogen) atoms. The van der Waals surface area contributed by atoms with Crippen LogP contribution in [-0.2, 0) is 6.18 Å². The minimum absolute atomic E-state index is 0.121. The van der Waals surface area contributed by atoms with Crippen LogP contribution in [-0.4, -0.2) is 35.0 Å². The van der Waals surface area contributed by atoms with Crippen molar-refractivity contribution in [3.63, 3.8) is 0 Å². The second-order valence-corrected chi connectivity index (χ2v) is 4.40. The van der Waals surface area contributed by atoms with E-state index in [4.69, 9.17) is 0 Å². The zero-order chi connectivity index (χ0) is 12.5. The molecule has 1 aliphatic rings. The van der Waals surface area contributed by atoms with Crippen LogP contribution >= 0.6 is 0 Å². The van der Waals surface area contributed by atoms with Crippen molar-refractivity contribution in [1.29, 1.82) is 0 Å². The van der Waals surface area contributed by atoms with E-state index in [9.17, 15) is 13.2 Å². The van der Waals surface area contributed by atoms with Gasteiger partial charge in [-0.25, -0.2) is 9.97 Å². The standard InChI is InChI=1S/C11H14F3N3/c1-17-4-2-8(3-5-17)9-6-10(11(12,13)14)16-7-15-9/h6-8H,2-5H2,1H3. The predicted octanol–water partition coefficient (Wildman–Crippen LogP) is 2.30. The third-order valence-electron chi connectivity index (χ3n) is 3.12. The fourth-order valence-electron chi connectivity index (χ4n) is 2.05. The molecule has 6 heteroatoms. The molecule has 0 N–H and O–H groups in total. The number of hydrogen-bond donors (Lipinski definition) is 0. The molecule has 0 unspecified atom stereocenters. The molecule has 94 valence electrons. The highest BCUT2D eigenvalue weighted by molar-refractivity contribution is 5.15. The molecule has 0 aromatic carbocycles. The van der Waals surface area contributed by atoms with E-state index < -0.39 is 11.9 Å². The lowest BCUT2D eigenvalue weighted by Crippen LogP contribution is -2.29. The molecule has 3 nitrogen and oxygen atoms in total. The summed E-state index contributed by atoms with van der Waals surface area (Å²) in [7, 11) is 2.01. The maximum Gasteiger partial charge on any atom is 0.433 e. The van der Waals surface area contributed by atoms with Gasteiger partial charge in [-0.2, -0.15) is 13.2 Å². The van der Waals surface area contributed by atoms with E-state index in [1.807, 2.05) is 7.05 Å². The lowest BCUT2D eigenvalue weighted by atomic mass is 9.93. The Morgan fingerprint density at radius 1 is 1.24 bits per heavy atom. The molecule has 1 aliphatic heterocycles. The van der Waals surface area contributed by atoms with Crippen LogP contribution in [0.3, 0.4) is 0 Å². The van der Waals surface area contributed by atoms with Crippen LogP contribution in [0.5, 0.6) is 0 Å². The van der Waals surface area contributed by atoms with Gasteiger partial charge in [-0.15, -0.1) is 0 Å². The van der Waals surface area contributed by atoms with Crippen molar-refractivity contribution in [3.8, 4) is 0 Å². The van der Waals surface area contributed by atoms with E-state index in [2.05, 4.69) is 14.9 Å². The van der Waals surface area contributed by atoms with Crippen molar-refractivity contribution < 1.29 is 13.2 Å². The van der Waals surface area contributed by atoms with E-state index in [1.54, 1.807) is 0 Å². The Morgan fingerprint density at radius 3 is 2.47 bits per heavy atom. The molecule has 1 saturated heterocycles. The Hall–Kier alpha value is -1.17. The van der Waals surface area contributed by atoms with E-state index in [0.29, 0.717) is 5.69 Å². The maximum absolute atomic E-state index is 12.5. The molecule has 2 heterocycles. The number of piperidine rings is 1. The predicted molar refractivity (Wildman–Crippen MR) is 56.5 cm³/mol. The number of hydrogen-bond acceptors (Lipinski definition) is 3. The highest BCUT2D eigenvalue weighted by Gasteiger charge is 2.33. The molecule has 0 saturated carbocycles. The first-order valence-electron chi connectivity index (χ1n) is 5.54. The average Bonchev–Trinajstić information content (AvgIpc) is 2.29. The van der Waals surface area contributed by atoms with Gasteiger partial charge < -0.3 is 4.90 Å². The number of nitrogens with zero attached hydrogens (tertiary/aromatic N) is 3. The minimum Gasteiger partial charge on any atom is -0.306 e. The number of halogens is 3. The SMILES string of the molecule is CN1CCC(c2cc(C(F)(F)F)ncn2)CC1. The van der Waals surface area contributed by atoms with Crippen LogP contribution in [0.25, 0.3) is 0 Å². The molecule has 0 spiro atoms. The summed E-state index contributed by atoms with van der Waals surface area (Å²) in [6, 6.07) is 1.08. The molecule has 1 fully saturated rings. The summed E-state index contributed by atoms with van der Waals surface area (Å²) in [5, 5.41) is 0. The Balaban J connectivity index is 2.16. The molecule has 0 atom stereocenters. The molecule has 1 aromatic heterocycles. The number of aromatic nitrogens is 2. The van der Waals surface area contributed by atoms with Crippen molar-refractivity contribution >= 4 is 0 Å². The zero-order valence-corrected chi connectivity index (χ0v) is 9.54. The Labute approximate surface area is 97.7 Å². The van der Waals surface area contributed by atoms with Crippen molar-refractivity contribution in [2.75, 3.05) is 20.1 Å². The molecule has 1 aromatic rings. The third kappa shape index (κ3) is 2.94. The first-order valence-corrected chi connectivity index (χ1v) is 5.54. The summed E-state index contributed by atoms with van der Waals surface area (Å²) in [4.78, 5) is 9.41. The average molecular weight is 245 g/mol. The molecular formula is C11H14F3N3. The second kappa shape index (κ2) is 4.60. The fraction of sp³-hybridized carbons (Fsp3) is 0.636. The van der Waals surface area contributed by atoms with E-state index in [-0.39, 0.29) is 5.92 Å². The summed E-state index contributed by atoms with van der Waals surface area (Å²) in [6.45, 7) is 1.80. The smallest absolute Gasteiger partial charge is 0.306 e. The first-order chi connectivity index (χ1) is 7.97. The van der Waals surface area contributed by atoms with Crippen molar-refractivity contribution in [2.45, 2.75) is 24.9 Å². The van der Waals surface area contributed by atoms with Crippen molar-refractivity contribution in [3.05, 3.63) is 23.8 Å². The van der Waals surface area contributed by atoms with Crippen LogP contribution in [0, 0.1) is 0 Å². The topological polar surface area (TPSA) is 29.0 Å². The van der Waals surface area contributed by atoms with Crippen LogP contribution in [0.2, 0.25) is 0 Å². The highest BCUT2D eigenvalue weighted by atomic mass is 19.4. The monoisotopic (exact) mass is 245 g/mol. The van der Waals surface area contributed by atoms with Gasteiger partial charge in [0.2, 0.25) is 0 Å². The van der Waals surface area contributed by atoms with Crippen molar-refractivity contribution in [2.24, 2.45) is 0 Å². The normalized spacial score (nSPS) is 19.5. The maximum atomic E-state index is 12.5. The number of alkyl halides is 3. The van der Waals surface area contributed by atoms with Crippen LogP contribution < -0.4 is 0 Å². The van der Waals surface area contributed by atoms with Crippen molar-refractivity contribution in [1.82, 2.24) is 14.9 Å². The second-order valence-electron chi connectivity index (χ2n) is 4.40. The quantitative estimate of drug-likeness (QED) is 0.760. The molecule has 2 rings (SSSR count). The Morgan fingerprint density at radius 2 is 1.88 bits per heavy atom. The Bertz CT molecular complexity index is 384. The molecule has 0 bridgehead atoms. The van der Waals surface area contributed by atoms with Gasteiger partial charge in [0.05, 0.1) is 0 Å². The van der Waals surface area contributed by atoms with Gasteiger partial charge in [0, 0.05) is 11.6 Å². The zero-order valence-electron chi connectivity index (χ0n) is 9.54. The van der Waals surface area contributed by atoms with E-state index in [0.717, 1.165) is 38.3 Å². The summed E-state index contributed by atoms with van der Waals surface area (Å²) in [5.74, 6) is 0.121. The van der Waals surface area contributed by atoms with Gasteiger partial charge in [-0.05, 0) is 39.0 Å². The van der Waals surface area contributed by atoms with Gasteiger partial charge in [0.25, 0.3) is 0 Å². The minimum atomic E-state index is -4.39. The highest BCUT2D eigenvalue weighted by Crippen LogP contribution is 2.31. The third-order valence-corrected chi connectivity index (χ3v) is 3.12. The molecule has 0 amide bonds. The van der Waals surface area contributed by atoms with E-state index >= 15 is 0 Å². The molecule has 0 radical (unpaired) electrons. The molecular weight excluding hydrogens is 231 g/mol. The largest absolute Gasteiger partial charge is 0.433 e. The lowest BCUT2D eigenvalue weighted by molar-refractivity contribution is -0.141. The van der Waals surface area contributed by atoms with Gasteiger partial charge in [-0.3, -0.25) is 0 Å². The molecule has 0 aliphatic carbocycles. The van der Waals surface area contributed by atoms with Crippen LogP contribution in [0.1, 0.15) is 30.1 Å². The summed E-state index contributed by atoms with van der Waals surface area (Å²) in [5.41, 5.74) is -0.332. The van der Waals surface area contributed by atoms with Crippen LogP contribution in [0.15, 0.2) is 12.4 Å². The van der Waals surface area contributed by atoms with Crippen LogP contribution in [0.4, 0.5) is 13.2 Å². The first kappa shape index (κ1) is 12.3.